The van der Waals surface area contributed by atoms with Gasteiger partial charge >= 0.3 is 0 Å². The van der Waals surface area contributed by atoms with E-state index in [2.05, 4.69) is 11.4 Å². The van der Waals surface area contributed by atoms with Crippen molar-refractivity contribution in [3.8, 4) is 6.07 Å². The predicted molar refractivity (Wildman–Crippen MR) is 79.5 cm³/mol. The molecule has 0 radical (unpaired) electrons. The first-order valence-electron chi connectivity index (χ1n) is 6.16. The van der Waals surface area contributed by atoms with Crippen molar-refractivity contribution >= 4 is 17.3 Å². The fourth-order valence-electron chi connectivity index (χ4n) is 1.93. The van der Waals surface area contributed by atoms with E-state index >= 15 is 0 Å². The molecule has 3 heteroatoms. The Labute approximate surface area is 118 Å². The second-order valence-electron chi connectivity index (χ2n) is 4.39. The van der Waals surface area contributed by atoms with Gasteiger partial charge in [-0.2, -0.15) is 5.26 Å². The molecule has 19 heavy (non-hydrogen) atoms. The number of hydrogen-bond acceptors (Lipinski definition) is 2. The van der Waals surface area contributed by atoms with Crippen LogP contribution in [0.5, 0.6) is 0 Å². The zero-order chi connectivity index (χ0) is 13.7. The largest absolute Gasteiger partial charge is 0.383 e. The van der Waals surface area contributed by atoms with Crippen LogP contribution in [0.25, 0.3) is 0 Å². The maximum absolute atomic E-state index is 9.27. The van der Waals surface area contributed by atoms with E-state index < -0.39 is 0 Å². The molecule has 0 heterocycles. The first kappa shape index (κ1) is 13.5. The summed E-state index contributed by atoms with van der Waals surface area (Å²) in [6.45, 7) is 2.54. The van der Waals surface area contributed by atoms with E-state index in [-0.39, 0.29) is 5.92 Å². The zero-order valence-electron chi connectivity index (χ0n) is 10.7. The van der Waals surface area contributed by atoms with Crippen molar-refractivity contribution in [2.75, 3.05) is 11.9 Å². The van der Waals surface area contributed by atoms with E-state index in [9.17, 15) is 5.26 Å². The molecule has 0 fully saturated rings. The van der Waals surface area contributed by atoms with Crippen LogP contribution < -0.4 is 5.32 Å². The molecular weight excluding hydrogens is 256 g/mol. The highest BCUT2D eigenvalue weighted by Gasteiger charge is 2.10. The van der Waals surface area contributed by atoms with Crippen molar-refractivity contribution in [3.63, 3.8) is 0 Å². The van der Waals surface area contributed by atoms with E-state index in [1.54, 1.807) is 0 Å². The molecule has 2 nitrogen and oxygen atoms in total. The minimum atomic E-state index is -0.167. The fraction of sp³-hybridized carbons (Fsp3) is 0.188. The fourth-order valence-corrected chi connectivity index (χ4v) is 2.11. The second kappa shape index (κ2) is 6.26. The Morgan fingerprint density at radius 3 is 2.58 bits per heavy atom. The zero-order valence-corrected chi connectivity index (χ0v) is 11.5. The highest BCUT2D eigenvalue weighted by atomic mass is 35.5. The molecule has 0 spiro atoms. The van der Waals surface area contributed by atoms with E-state index in [0.717, 1.165) is 21.8 Å². The molecule has 0 aliphatic heterocycles. The first-order chi connectivity index (χ1) is 9.22. The maximum Gasteiger partial charge on any atom is 0.0885 e. The number of halogens is 1. The van der Waals surface area contributed by atoms with E-state index in [0.29, 0.717) is 6.54 Å². The molecule has 0 aliphatic rings. The quantitative estimate of drug-likeness (QED) is 0.896. The molecule has 2 aromatic carbocycles. The summed E-state index contributed by atoms with van der Waals surface area (Å²) in [7, 11) is 0. The molecule has 0 amide bonds. The smallest absolute Gasteiger partial charge is 0.0885 e. The molecule has 1 N–H and O–H groups in total. The highest BCUT2D eigenvalue weighted by Crippen LogP contribution is 2.24. The van der Waals surface area contributed by atoms with Crippen molar-refractivity contribution in [3.05, 3.63) is 64.7 Å². The lowest BCUT2D eigenvalue weighted by molar-refractivity contribution is 0.899. The van der Waals surface area contributed by atoms with Crippen LogP contribution in [0.3, 0.4) is 0 Å². The molecule has 0 saturated carbocycles. The van der Waals surface area contributed by atoms with Crippen LogP contribution >= 0.6 is 11.6 Å². The summed E-state index contributed by atoms with van der Waals surface area (Å²) in [4.78, 5) is 0. The minimum absolute atomic E-state index is 0.167. The Hall–Kier alpha value is -1.98. The SMILES string of the molecule is Cc1c(Cl)cccc1NCC(C#N)c1ccccc1. The third-order valence-electron chi connectivity index (χ3n) is 3.12. The average Bonchev–Trinajstić information content (AvgIpc) is 2.45. The van der Waals surface area contributed by atoms with E-state index in [4.69, 9.17) is 11.6 Å². The Morgan fingerprint density at radius 1 is 1.16 bits per heavy atom. The summed E-state index contributed by atoms with van der Waals surface area (Å²) in [6, 6.07) is 17.9. The number of nitrogens with zero attached hydrogens (tertiary/aromatic N) is 1. The van der Waals surface area contributed by atoms with Gasteiger partial charge in [-0.1, -0.05) is 48.0 Å². The third kappa shape index (κ3) is 3.27. The van der Waals surface area contributed by atoms with E-state index in [1.165, 1.54) is 0 Å². The Kier molecular flexibility index (Phi) is 4.43. The number of anilines is 1. The summed E-state index contributed by atoms with van der Waals surface area (Å²) in [6.07, 6.45) is 0. The molecule has 96 valence electrons. The van der Waals surface area contributed by atoms with Gasteiger partial charge in [0.25, 0.3) is 0 Å². The van der Waals surface area contributed by atoms with Gasteiger partial charge in [0.2, 0.25) is 0 Å². The number of hydrogen-bond donors (Lipinski definition) is 1. The van der Waals surface area contributed by atoms with Crippen LogP contribution in [0.2, 0.25) is 5.02 Å². The van der Waals surface area contributed by atoms with Crippen LogP contribution in [-0.2, 0) is 0 Å². The van der Waals surface area contributed by atoms with Crippen molar-refractivity contribution in [2.45, 2.75) is 12.8 Å². The molecular formula is C16H15ClN2. The van der Waals surface area contributed by atoms with E-state index in [1.807, 2.05) is 55.5 Å². The molecule has 0 aromatic heterocycles. The second-order valence-corrected chi connectivity index (χ2v) is 4.79. The van der Waals surface area contributed by atoms with Gasteiger partial charge in [-0.15, -0.1) is 0 Å². The molecule has 0 bridgehead atoms. The Bertz CT molecular complexity index is 587. The molecule has 1 atom stereocenters. The van der Waals surface area contributed by atoms with Crippen molar-refractivity contribution in [2.24, 2.45) is 0 Å². The Morgan fingerprint density at radius 2 is 1.89 bits per heavy atom. The highest BCUT2D eigenvalue weighted by molar-refractivity contribution is 6.31. The lowest BCUT2D eigenvalue weighted by Crippen LogP contribution is -2.11. The molecule has 2 aromatic rings. The molecule has 0 saturated heterocycles. The summed E-state index contributed by atoms with van der Waals surface area (Å²) in [5.74, 6) is -0.167. The van der Waals surface area contributed by atoms with Crippen LogP contribution in [-0.4, -0.2) is 6.54 Å². The predicted octanol–water partition coefficient (Wildman–Crippen LogP) is 4.37. The standard InChI is InChI=1S/C16H15ClN2/c1-12-15(17)8-5-9-16(12)19-11-14(10-18)13-6-3-2-4-7-13/h2-9,14,19H,11H2,1H3. The van der Waals surface area contributed by atoms with Crippen LogP contribution in [0.1, 0.15) is 17.0 Å². The normalized spacial score (nSPS) is 11.6. The summed E-state index contributed by atoms with van der Waals surface area (Å²) < 4.78 is 0. The number of benzene rings is 2. The van der Waals surface area contributed by atoms with Gasteiger partial charge in [-0.3, -0.25) is 0 Å². The van der Waals surface area contributed by atoms with Crippen molar-refractivity contribution in [1.82, 2.24) is 0 Å². The summed E-state index contributed by atoms with van der Waals surface area (Å²) in [5, 5.41) is 13.3. The van der Waals surface area contributed by atoms with Gasteiger partial charge in [0.15, 0.2) is 0 Å². The molecule has 1 unspecified atom stereocenters. The van der Waals surface area contributed by atoms with Gasteiger partial charge < -0.3 is 5.32 Å². The van der Waals surface area contributed by atoms with Crippen molar-refractivity contribution < 1.29 is 0 Å². The maximum atomic E-state index is 9.27. The number of nitriles is 1. The van der Waals surface area contributed by atoms with Gasteiger partial charge in [0.1, 0.15) is 0 Å². The van der Waals surface area contributed by atoms with Gasteiger partial charge in [-0.25, -0.2) is 0 Å². The third-order valence-corrected chi connectivity index (χ3v) is 3.53. The van der Waals surface area contributed by atoms with Gasteiger partial charge in [0.05, 0.1) is 12.0 Å². The summed E-state index contributed by atoms with van der Waals surface area (Å²) >= 11 is 6.08. The van der Waals surface area contributed by atoms with Crippen molar-refractivity contribution in [1.29, 1.82) is 5.26 Å². The van der Waals surface area contributed by atoms with Crippen LogP contribution in [0.4, 0.5) is 5.69 Å². The van der Waals surface area contributed by atoms with Gasteiger partial charge in [0, 0.05) is 17.3 Å². The van der Waals surface area contributed by atoms with Crippen LogP contribution in [0.15, 0.2) is 48.5 Å². The number of rotatable bonds is 4. The summed E-state index contributed by atoms with van der Waals surface area (Å²) in [5.41, 5.74) is 3.01. The minimum Gasteiger partial charge on any atom is -0.383 e. The molecule has 0 aliphatic carbocycles. The lowest BCUT2D eigenvalue weighted by Gasteiger charge is -2.14. The lowest BCUT2D eigenvalue weighted by atomic mass is 10.0. The first-order valence-corrected chi connectivity index (χ1v) is 6.53. The van der Waals surface area contributed by atoms with Gasteiger partial charge in [-0.05, 0) is 30.2 Å². The monoisotopic (exact) mass is 270 g/mol. The average molecular weight is 271 g/mol. The molecule has 2 rings (SSSR count). The topological polar surface area (TPSA) is 35.8 Å². The Balaban J connectivity index is 2.09. The number of nitrogens with one attached hydrogen (secondary N) is 1. The van der Waals surface area contributed by atoms with Crippen LogP contribution in [0, 0.1) is 18.3 Å².